The molecule has 0 N–H and O–H groups in total. The SMILES string of the molecule is CC(c1ccccc1)N1CCC(=O)C2=C1CCCC2. The van der Waals surface area contributed by atoms with Gasteiger partial charge >= 0.3 is 0 Å². The van der Waals surface area contributed by atoms with E-state index in [1.165, 1.54) is 24.1 Å². The predicted molar refractivity (Wildman–Crippen MR) is 76.7 cm³/mol. The van der Waals surface area contributed by atoms with Gasteiger partial charge in [0.25, 0.3) is 0 Å². The summed E-state index contributed by atoms with van der Waals surface area (Å²) in [5, 5.41) is 0. The second kappa shape index (κ2) is 5.20. The van der Waals surface area contributed by atoms with Gasteiger partial charge in [-0.15, -0.1) is 0 Å². The fourth-order valence-electron chi connectivity index (χ4n) is 3.35. The summed E-state index contributed by atoms with van der Waals surface area (Å²) in [6.45, 7) is 3.14. The van der Waals surface area contributed by atoms with Gasteiger partial charge in [-0.2, -0.15) is 0 Å². The van der Waals surface area contributed by atoms with Crippen LogP contribution >= 0.6 is 0 Å². The minimum Gasteiger partial charge on any atom is -0.367 e. The maximum atomic E-state index is 12.0. The molecule has 1 heterocycles. The van der Waals surface area contributed by atoms with Gasteiger partial charge in [-0.05, 0) is 38.2 Å². The normalized spacial score (nSPS) is 21.3. The van der Waals surface area contributed by atoms with E-state index in [0.717, 1.165) is 25.0 Å². The highest BCUT2D eigenvalue weighted by Crippen LogP contribution is 2.36. The van der Waals surface area contributed by atoms with Crippen LogP contribution in [0.2, 0.25) is 0 Å². The molecule has 1 aromatic rings. The quantitative estimate of drug-likeness (QED) is 0.800. The van der Waals surface area contributed by atoms with Gasteiger partial charge in [0.15, 0.2) is 5.78 Å². The molecule has 3 rings (SSSR count). The smallest absolute Gasteiger partial charge is 0.162 e. The second-order valence-corrected chi connectivity index (χ2v) is 5.59. The van der Waals surface area contributed by atoms with Crippen LogP contribution in [0.25, 0.3) is 0 Å². The first kappa shape index (κ1) is 12.5. The number of hydrogen-bond acceptors (Lipinski definition) is 2. The average molecular weight is 255 g/mol. The van der Waals surface area contributed by atoms with E-state index in [2.05, 4.69) is 42.2 Å². The van der Waals surface area contributed by atoms with Crippen molar-refractivity contribution in [1.82, 2.24) is 4.90 Å². The van der Waals surface area contributed by atoms with Crippen molar-refractivity contribution in [2.24, 2.45) is 0 Å². The third kappa shape index (κ3) is 2.32. The van der Waals surface area contributed by atoms with Crippen LogP contribution in [-0.4, -0.2) is 17.2 Å². The number of rotatable bonds is 2. The summed E-state index contributed by atoms with van der Waals surface area (Å²) in [5.74, 6) is 0.395. The Morgan fingerprint density at radius 1 is 1.05 bits per heavy atom. The van der Waals surface area contributed by atoms with E-state index in [9.17, 15) is 4.79 Å². The van der Waals surface area contributed by atoms with E-state index < -0.39 is 0 Å². The van der Waals surface area contributed by atoms with Crippen LogP contribution in [0.15, 0.2) is 41.6 Å². The molecule has 0 fully saturated rings. The lowest BCUT2D eigenvalue weighted by Crippen LogP contribution is -2.36. The largest absolute Gasteiger partial charge is 0.367 e. The van der Waals surface area contributed by atoms with Crippen LogP contribution in [0.5, 0.6) is 0 Å². The molecule has 100 valence electrons. The Labute approximate surface area is 115 Å². The molecule has 2 aliphatic rings. The van der Waals surface area contributed by atoms with Crippen molar-refractivity contribution >= 4 is 5.78 Å². The number of Topliss-reactive ketones (excluding diaryl/α,β-unsaturated/α-hetero) is 1. The molecule has 0 bridgehead atoms. The van der Waals surface area contributed by atoms with Crippen molar-refractivity contribution in [3.05, 3.63) is 47.2 Å². The summed E-state index contributed by atoms with van der Waals surface area (Å²) < 4.78 is 0. The molecule has 1 aliphatic carbocycles. The Bertz CT molecular complexity index is 503. The first-order valence-corrected chi connectivity index (χ1v) is 7.34. The molecule has 0 spiro atoms. The lowest BCUT2D eigenvalue weighted by Gasteiger charge is -2.40. The molecule has 0 saturated heterocycles. The molecule has 0 amide bonds. The van der Waals surface area contributed by atoms with E-state index in [1.54, 1.807) is 0 Å². The van der Waals surface area contributed by atoms with Gasteiger partial charge in [-0.25, -0.2) is 0 Å². The molecule has 19 heavy (non-hydrogen) atoms. The third-order valence-electron chi connectivity index (χ3n) is 4.45. The number of benzene rings is 1. The molecule has 0 saturated carbocycles. The van der Waals surface area contributed by atoms with Gasteiger partial charge in [0.2, 0.25) is 0 Å². The first-order valence-electron chi connectivity index (χ1n) is 7.34. The molecule has 2 nitrogen and oxygen atoms in total. The summed E-state index contributed by atoms with van der Waals surface area (Å²) in [6.07, 6.45) is 5.17. The highest BCUT2D eigenvalue weighted by molar-refractivity contribution is 5.97. The fourth-order valence-corrected chi connectivity index (χ4v) is 3.35. The van der Waals surface area contributed by atoms with Crippen molar-refractivity contribution < 1.29 is 4.79 Å². The lowest BCUT2D eigenvalue weighted by atomic mass is 9.87. The fraction of sp³-hybridized carbons (Fsp3) is 0.471. The van der Waals surface area contributed by atoms with Crippen LogP contribution in [0, 0.1) is 0 Å². The number of carbonyl (C=O) groups is 1. The molecule has 2 heteroatoms. The van der Waals surface area contributed by atoms with Crippen LogP contribution < -0.4 is 0 Å². The molecule has 0 aromatic heterocycles. The number of allylic oxidation sites excluding steroid dienone is 2. The van der Waals surface area contributed by atoms with Gasteiger partial charge in [-0.1, -0.05) is 30.3 Å². The summed E-state index contributed by atoms with van der Waals surface area (Å²) in [4.78, 5) is 14.5. The van der Waals surface area contributed by atoms with E-state index in [4.69, 9.17) is 0 Å². The zero-order valence-electron chi connectivity index (χ0n) is 11.6. The summed E-state index contributed by atoms with van der Waals surface area (Å²) in [6, 6.07) is 11.0. The minimum atomic E-state index is 0.373. The van der Waals surface area contributed by atoms with E-state index >= 15 is 0 Å². The van der Waals surface area contributed by atoms with Crippen LogP contribution in [0.1, 0.15) is 50.6 Å². The van der Waals surface area contributed by atoms with E-state index in [-0.39, 0.29) is 0 Å². The van der Waals surface area contributed by atoms with E-state index in [0.29, 0.717) is 18.2 Å². The van der Waals surface area contributed by atoms with Crippen molar-refractivity contribution in [2.75, 3.05) is 6.54 Å². The van der Waals surface area contributed by atoms with Crippen LogP contribution in [0.4, 0.5) is 0 Å². The Balaban J connectivity index is 1.92. The molecule has 1 unspecified atom stereocenters. The Kier molecular flexibility index (Phi) is 3.41. The average Bonchev–Trinajstić information content (AvgIpc) is 2.48. The summed E-state index contributed by atoms with van der Waals surface area (Å²) in [5.41, 5.74) is 3.80. The van der Waals surface area contributed by atoms with Gasteiger partial charge in [0, 0.05) is 24.2 Å². The number of hydrogen-bond donors (Lipinski definition) is 0. The van der Waals surface area contributed by atoms with Gasteiger partial charge in [-0.3, -0.25) is 4.79 Å². The lowest BCUT2D eigenvalue weighted by molar-refractivity contribution is -0.117. The van der Waals surface area contributed by atoms with Gasteiger partial charge < -0.3 is 4.90 Å². The molecule has 1 atom stereocenters. The van der Waals surface area contributed by atoms with Crippen molar-refractivity contribution in [3.8, 4) is 0 Å². The molecular weight excluding hydrogens is 234 g/mol. The monoisotopic (exact) mass is 255 g/mol. The number of ketones is 1. The van der Waals surface area contributed by atoms with Crippen molar-refractivity contribution in [3.63, 3.8) is 0 Å². The predicted octanol–water partition coefficient (Wildman–Crippen LogP) is 3.85. The maximum absolute atomic E-state index is 12.0. The standard InChI is InChI=1S/C17H21NO/c1-13(14-7-3-2-4-8-14)18-12-11-17(19)15-9-5-6-10-16(15)18/h2-4,7-8,13H,5-6,9-12H2,1H3. The summed E-state index contributed by atoms with van der Waals surface area (Å²) >= 11 is 0. The number of nitrogens with zero attached hydrogens (tertiary/aromatic N) is 1. The summed E-state index contributed by atoms with van der Waals surface area (Å²) in [7, 11) is 0. The Morgan fingerprint density at radius 3 is 2.58 bits per heavy atom. The first-order chi connectivity index (χ1) is 9.27. The minimum absolute atomic E-state index is 0.373. The second-order valence-electron chi connectivity index (χ2n) is 5.59. The Morgan fingerprint density at radius 2 is 1.79 bits per heavy atom. The molecule has 1 aliphatic heterocycles. The van der Waals surface area contributed by atoms with Crippen molar-refractivity contribution in [1.29, 1.82) is 0 Å². The molecule has 0 radical (unpaired) electrons. The number of carbonyl (C=O) groups excluding carboxylic acids is 1. The van der Waals surface area contributed by atoms with Crippen LogP contribution in [0.3, 0.4) is 0 Å². The van der Waals surface area contributed by atoms with Crippen LogP contribution in [-0.2, 0) is 4.79 Å². The maximum Gasteiger partial charge on any atom is 0.162 e. The van der Waals surface area contributed by atoms with Gasteiger partial charge in [0.1, 0.15) is 0 Å². The molecular formula is C17H21NO. The topological polar surface area (TPSA) is 20.3 Å². The van der Waals surface area contributed by atoms with E-state index in [1.807, 2.05) is 0 Å². The Hall–Kier alpha value is -1.57. The van der Waals surface area contributed by atoms with Crippen molar-refractivity contribution in [2.45, 2.75) is 45.1 Å². The highest BCUT2D eigenvalue weighted by atomic mass is 16.1. The highest BCUT2D eigenvalue weighted by Gasteiger charge is 2.30. The third-order valence-corrected chi connectivity index (χ3v) is 4.45. The zero-order chi connectivity index (χ0) is 13.2. The molecule has 1 aromatic carbocycles. The van der Waals surface area contributed by atoms with Gasteiger partial charge in [0.05, 0.1) is 6.04 Å². The zero-order valence-corrected chi connectivity index (χ0v) is 11.6.